The Morgan fingerprint density at radius 2 is 1.58 bits per heavy atom. The van der Waals surface area contributed by atoms with E-state index in [1.807, 2.05) is 0 Å². The molecule has 2 heteroatoms. The molecule has 0 N–H and O–H groups in total. The fraction of sp³-hybridized carbons (Fsp3) is 1.00. The van der Waals surface area contributed by atoms with Gasteiger partial charge in [0.25, 0.3) is 0 Å². The van der Waals surface area contributed by atoms with E-state index in [4.69, 9.17) is 4.74 Å². The zero-order chi connectivity index (χ0) is 8.44. The maximum atomic E-state index is 11.8. The molecule has 0 saturated heterocycles. The Morgan fingerprint density at radius 3 is 2.17 bits per heavy atom. The van der Waals surface area contributed by atoms with Gasteiger partial charge < -0.3 is 4.74 Å². The molecule has 0 unspecified atom stereocenters. The monoisotopic (exact) mass is 169 g/mol. The van der Waals surface area contributed by atoms with Crippen LogP contribution in [0.3, 0.4) is 0 Å². The van der Waals surface area contributed by atoms with Gasteiger partial charge in [0.1, 0.15) is 0 Å². The Kier molecular flexibility index (Phi) is 2.37. The molecule has 2 aliphatic carbocycles. The summed E-state index contributed by atoms with van der Waals surface area (Å²) in [5, 5.41) is 11.8. The van der Waals surface area contributed by atoms with Crippen molar-refractivity contribution < 1.29 is 9.84 Å². The predicted octanol–water partition coefficient (Wildman–Crippen LogP) is 2.65. The lowest BCUT2D eigenvalue weighted by Crippen LogP contribution is -2.31. The highest BCUT2D eigenvalue weighted by Gasteiger charge is 2.37. The van der Waals surface area contributed by atoms with Gasteiger partial charge in [-0.05, 0) is 25.7 Å². The van der Waals surface area contributed by atoms with Crippen LogP contribution >= 0.6 is 0 Å². The standard InChI is InChI=1S/C10H17O2/c11-10(7-3-4-8-10)12-9-5-1-2-6-9/h9H,1-8H2. The first-order valence-corrected chi connectivity index (χ1v) is 5.17. The van der Waals surface area contributed by atoms with Crippen molar-refractivity contribution in [3.63, 3.8) is 0 Å². The highest BCUT2D eigenvalue weighted by Crippen LogP contribution is 2.35. The van der Waals surface area contributed by atoms with Gasteiger partial charge in [0.2, 0.25) is 5.79 Å². The molecule has 0 spiro atoms. The summed E-state index contributed by atoms with van der Waals surface area (Å²) in [6.07, 6.45) is 8.63. The molecular formula is C10H17O2. The Bertz CT molecular complexity index is 144. The Balaban J connectivity index is 1.83. The molecule has 0 atom stereocenters. The van der Waals surface area contributed by atoms with Crippen LogP contribution < -0.4 is 0 Å². The summed E-state index contributed by atoms with van der Waals surface area (Å²) in [6, 6.07) is 0. The van der Waals surface area contributed by atoms with E-state index in [0.717, 1.165) is 38.5 Å². The highest BCUT2D eigenvalue weighted by atomic mass is 16.6. The first kappa shape index (κ1) is 8.52. The van der Waals surface area contributed by atoms with Gasteiger partial charge in [-0.25, -0.2) is 0 Å². The van der Waals surface area contributed by atoms with E-state index in [0.29, 0.717) is 6.10 Å². The van der Waals surface area contributed by atoms with E-state index >= 15 is 0 Å². The molecule has 2 saturated carbocycles. The molecule has 0 aliphatic heterocycles. The lowest BCUT2D eigenvalue weighted by atomic mass is 10.2. The molecule has 2 rings (SSSR count). The fourth-order valence-corrected chi connectivity index (χ4v) is 2.34. The average Bonchev–Trinajstić information content (AvgIpc) is 2.62. The highest BCUT2D eigenvalue weighted by molar-refractivity contribution is 4.78. The maximum absolute atomic E-state index is 11.8. The predicted molar refractivity (Wildman–Crippen MR) is 45.2 cm³/mol. The molecule has 0 amide bonds. The lowest BCUT2D eigenvalue weighted by molar-refractivity contribution is -0.257. The van der Waals surface area contributed by atoms with Crippen LogP contribution in [-0.4, -0.2) is 11.9 Å². The second-order valence-electron chi connectivity index (χ2n) is 4.14. The third kappa shape index (κ3) is 1.80. The number of ether oxygens (including phenoxy) is 1. The molecule has 0 bridgehead atoms. The smallest absolute Gasteiger partial charge is 0.201 e. The van der Waals surface area contributed by atoms with Gasteiger partial charge >= 0.3 is 0 Å². The molecule has 1 radical (unpaired) electrons. The van der Waals surface area contributed by atoms with E-state index < -0.39 is 5.79 Å². The summed E-state index contributed by atoms with van der Waals surface area (Å²) in [4.78, 5) is 0. The third-order valence-electron chi connectivity index (χ3n) is 3.05. The van der Waals surface area contributed by atoms with Gasteiger partial charge in [-0.15, -0.1) is 0 Å². The van der Waals surface area contributed by atoms with Crippen molar-refractivity contribution in [1.82, 2.24) is 0 Å². The summed E-state index contributed by atoms with van der Waals surface area (Å²) in [5.74, 6) is -0.991. The Hall–Kier alpha value is -0.0800. The molecule has 0 aromatic carbocycles. The molecule has 2 fully saturated rings. The zero-order valence-corrected chi connectivity index (χ0v) is 7.55. The van der Waals surface area contributed by atoms with Crippen LogP contribution in [0.2, 0.25) is 0 Å². The van der Waals surface area contributed by atoms with Crippen LogP contribution in [0.1, 0.15) is 51.4 Å². The second-order valence-corrected chi connectivity index (χ2v) is 4.14. The summed E-state index contributed by atoms with van der Waals surface area (Å²) >= 11 is 0. The number of hydrogen-bond acceptors (Lipinski definition) is 1. The Labute approximate surface area is 73.9 Å². The van der Waals surface area contributed by atoms with Crippen LogP contribution in [-0.2, 0) is 9.84 Å². The minimum absolute atomic E-state index is 0.292. The first-order valence-electron chi connectivity index (χ1n) is 5.17. The van der Waals surface area contributed by atoms with E-state index in [9.17, 15) is 5.11 Å². The molecule has 0 aromatic heterocycles. The van der Waals surface area contributed by atoms with Gasteiger partial charge in [0, 0.05) is 12.8 Å². The van der Waals surface area contributed by atoms with Crippen molar-refractivity contribution in [3.05, 3.63) is 0 Å². The molecule has 0 heterocycles. The van der Waals surface area contributed by atoms with Crippen molar-refractivity contribution >= 4 is 0 Å². The van der Waals surface area contributed by atoms with E-state index in [1.54, 1.807) is 0 Å². The largest absolute Gasteiger partial charge is 0.344 e. The van der Waals surface area contributed by atoms with Gasteiger partial charge in [-0.2, -0.15) is 5.11 Å². The lowest BCUT2D eigenvalue weighted by Gasteiger charge is -2.24. The SMILES string of the molecule is [O]C1(OC2CCCC2)CCCC1. The van der Waals surface area contributed by atoms with Crippen molar-refractivity contribution in [3.8, 4) is 0 Å². The summed E-state index contributed by atoms with van der Waals surface area (Å²) < 4.78 is 5.60. The minimum Gasteiger partial charge on any atom is -0.344 e. The van der Waals surface area contributed by atoms with Crippen LogP contribution in [0.4, 0.5) is 0 Å². The molecule has 0 aromatic rings. The van der Waals surface area contributed by atoms with Gasteiger partial charge in [0.05, 0.1) is 6.10 Å². The first-order chi connectivity index (χ1) is 5.79. The summed E-state index contributed by atoms with van der Waals surface area (Å²) in [5.41, 5.74) is 0. The second kappa shape index (κ2) is 3.35. The molecule has 69 valence electrons. The van der Waals surface area contributed by atoms with Crippen LogP contribution in [0.15, 0.2) is 0 Å². The zero-order valence-electron chi connectivity index (χ0n) is 7.55. The van der Waals surface area contributed by atoms with Gasteiger partial charge in [-0.3, -0.25) is 0 Å². The topological polar surface area (TPSA) is 29.1 Å². The van der Waals surface area contributed by atoms with Crippen molar-refractivity contribution in [2.24, 2.45) is 0 Å². The van der Waals surface area contributed by atoms with E-state index in [2.05, 4.69) is 0 Å². The quantitative estimate of drug-likeness (QED) is 0.584. The Morgan fingerprint density at radius 1 is 1.00 bits per heavy atom. The normalized spacial score (nSPS) is 29.8. The number of hydrogen-bond donors (Lipinski definition) is 0. The summed E-state index contributed by atoms with van der Waals surface area (Å²) in [6.45, 7) is 0. The van der Waals surface area contributed by atoms with E-state index in [1.165, 1.54) is 12.8 Å². The van der Waals surface area contributed by atoms with Gasteiger partial charge in [-0.1, -0.05) is 12.8 Å². The number of rotatable bonds is 2. The van der Waals surface area contributed by atoms with Gasteiger partial charge in [0.15, 0.2) is 0 Å². The molecular weight excluding hydrogens is 152 g/mol. The minimum atomic E-state index is -0.991. The molecule has 12 heavy (non-hydrogen) atoms. The van der Waals surface area contributed by atoms with Crippen molar-refractivity contribution in [1.29, 1.82) is 0 Å². The summed E-state index contributed by atoms with van der Waals surface area (Å²) in [7, 11) is 0. The fourth-order valence-electron chi connectivity index (χ4n) is 2.34. The third-order valence-corrected chi connectivity index (χ3v) is 3.05. The van der Waals surface area contributed by atoms with Crippen molar-refractivity contribution in [2.45, 2.75) is 63.3 Å². The van der Waals surface area contributed by atoms with Crippen molar-refractivity contribution in [2.75, 3.05) is 0 Å². The van der Waals surface area contributed by atoms with Crippen LogP contribution in [0.5, 0.6) is 0 Å². The molecule has 2 aliphatic rings. The van der Waals surface area contributed by atoms with Crippen LogP contribution in [0, 0.1) is 0 Å². The maximum Gasteiger partial charge on any atom is 0.201 e. The van der Waals surface area contributed by atoms with Crippen LogP contribution in [0.25, 0.3) is 0 Å². The average molecular weight is 169 g/mol. The molecule has 2 nitrogen and oxygen atoms in total. The van der Waals surface area contributed by atoms with E-state index in [-0.39, 0.29) is 0 Å².